The summed E-state index contributed by atoms with van der Waals surface area (Å²) in [6, 6.07) is 2.60. The largest absolute Gasteiger partial charge is 0.392 e. The number of likely N-dealkylation sites (N-methyl/N-ethyl adjacent to an activating group) is 1. The maximum Gasteiger partial charge on any atom is 0.149 e. The van der Waals surface area contributed by atoms with Gasteiger partial charge in [0, 0.05) is 33.8 Å². The van der Waals surface area contributed by atoms with Gasteiger partial charge in [0.1, 0.15) is 17.3 Å². The molecule has 0 aromatic heterocycles. The molecule has 0 fully saturated rings. The highest BCUT2D eigenvalue weighted by molar-refractivity contribution is 5.50. The van der Waals surface area contributed by atoms with E-state index in [9.17, 15) is 13.9 Å². The zero-order valence-electron chi connectivity index (χ0n) is 12.1. The van der Waals surface area contributed by atoms with Crippen LogP contribution in [0.3, 0.4) is 0 Å². The molecule has 2 N–H and O–H groups in total. The van der Waals surface area contributed by atoms with Crippen molar-refractivity contribution in [3.63, 3.8) is 0 Å². The Balaban J connectivity index is 2.75. The molecule has 0 saturated carbocycles. The van der Waals surface area contributed by atoms with Crippen LogP contribution in [0.4, 0.5) is 14.5 Å². The van der Waals surface area contributed by atoms with Gasteiger partial charge in [0.15, 0.2) is 0 Å². The van der Waals surface area contributed by atoms with Crippen LogP contribution < -0.4 is 10.2 Å². The third-order valence-corrected chi connectivity index (χ3v) is 2.81. The fraction of sp³-hybridized carbons (Fsp3) is 0.571. The molecule has 114 valence electrons. The molecule has 1 rings (SSSR count). The van der Waals surface area contributed by atoms with Crippen molar-refractivity contribution in [3.8, 4) is 0 Å². The highest BCUT2D eigenvalue weighted by Gasteiger charge is 2.16. The van der Waals surface area contributed by atoms with E-state index in [0.29, 0.717) is 25.3 Å². The van der Waals surface area contributed by atoms with Crippen molar-refractivity contribution in [2.75, 3.05) is 38.8 Å². The van der Waals surface area contributed by atoms with Gasteiger partial charge < -0.3 is 20.1 Å². The normalized spacial score (nSPS) is 12.5. The van der Waals surface area contributed by atoms with E-state index < -0.39 is 17.7 Å². The van der Waals surface area contributed by atoms with Gasteiger partial charge in [-0.3, -0.25) is 0 Å². The highest BCUT2D eigenvalue weighted by atomic mass is 19.1. The van der Waals surface area contributed by atoms with Crippen LogP contribution in [-0.4, -0.2) is 45.1 Å². The smallest absolute Gasteiger partial charge is 0.149 e. The summed E-state index contributed by atoms with van der Waals surface area (Å²) in [4.78, 5) is 1.37. The third-order valence-electron chi connectivity index (χ3n) is 2.81. The van der Waals surface area contributed by atoms with Gasteiger partial charge in [-0.2, -0.15) is 0 Å². The minimum absolute atomic E-state index is 0.119. The molecule has 1 atom stereocenters. The number of benzene rings is 1. The number of aliphatic hydroxyl groups is 1. The van der Waals surface area contributed by atoms with Crippen molar-refractivity contribution in [2.45, 2.75) is 19.6 Å². The van der Waals surface area contributed by atoms with Crippen LogP contribution >= 0.6 is 0 Å². The lowest BCUT2D eigenvalue weighted by atomic mass is 10.1. The number of rotatable bonds is 8. The molecule has 1 aromatic carbocycles. The van der Waals surface area contributed by atoms with Crippen LogP contribution in [0.25, 0.3) is 0 Å². The van der Waals surface area contributed by atoms with Gasteiger partial charge in [-0.05, 0) is 24.6 Å². The molecule has 0 bridgehead atoms. The van der Waals surface area contributed by atoms with Gasteiger partial charge in [0.05, 0.1) is 12.7 Å². The fourth-order valence-corrected chi connectivity index (χ4v) is 1.98. The van der Waals surface area contributed by atoms with Crippen LogP contribution in [0.1, 0.15) is 12.5 Å². The van der Waals surface area contributed by atoms with Crippen LogP contribution in [0.2, 0.25) is 0 Å². The maximum absolute atomic E-state index is 14.0. The van der Waals surface area contributed by atoms with E-state index in [1.165, 1.54) is 17.0 Å². The van der Waals surface area contributed by atoms with Crippen LogP contribution in [0.15, 0.2) is 12.1 Å². The molecule has 0 aliphatic rings. The summed E-state index contributed by atoms with van der Waals surface area (Å²) >= 11 is 0. The maximum atomic E-state index is 14.0. The lowest BCUT2D eigenvalue weighted by molar-refractivity contribution is 0.199. The molecule has 0 saturated heterocycles. The molecule has 4 nitrogen and oxygen atoms in total. The summed E-state index contributed by atoms with van der Waals surface area (Å²) in [6.45, 7) is 3.26. The summed E-state index contributed by atoms with van der Waals surface area (Å²) < 4.78 is 32.8. The number of anilines is 1. The first-order chi connectivity index (χ1) is 9.45. The van der Waals surface area contributed by atoms with Crippen molar-refractivity contribution in [2.24, 2.45) is 0 Å². The lowest BCUT2D eigenvalue weighted by Gasteiger charge is -2.22. The average molecular weight is 288 g/mol. The zero-order chi connectivity index (χ0) is 15.1. The Bertz CT molecular complexity index is 405. The molecule has 6 heteroatoms. The summed E-state index contributed by atoms with van der Waals surface area (Å²) in [5.74, 6) is -1.26. The van der Waals surface area contributed by atoms with Crippen molar-refractivity contribution < 1.29 is 18.6 Å². The molecule has 0 spiro atoms. The topological polar surface area (TPSA) is 44.7 Å². The van der Waals surface area contributed by atoms with Crippen molar-refractivity contribution in [3.05, 3.63) is 29.3 Å². The first kappa shape index (κ1) is 16.8. The fourth-order valence-electron chi connectivity index (χ4n) is 1.98. The van der Waals surface area contributed by atoms with E-state index in [2.05, 4.69) is 5.32 Å². The first-order valence-electron chi connectivity index (χ1n) is 6.52. The number of hydrogen-bond acceptors (Lipinski definition) is 4. The number of hydrogen-bond donors (Lipinski definition) is 2. The van der Waals surface area contributed by atoms with Gasteiger partial charge >= 0.3 is 0 Å². The van der Waals surface area contributed by atoms with E-state index >= 15 is 0 Å². The summed E-state index contributed by atoms with van der Waals surface area (Å²) in [5.41, 5.74) is 0.414. The Labute approximate surface area is 118 Å². The molecule has 20 heavy (non-hydrogen) atoms. The molecule has 0 aliphatic carbocycles. The Morgan fingerprint density at radius 2 is 1.95 bits per heavy atom. The van der Waals surface area contributed by atoms with Gasteiger partial charge in [-0.25, -0.2) is 8.78 Å². The van der Waals surface area contributed by atoms with Crippen molar-refractivity contribution >= 4 is 5.69 Å². The standard InChI is InChI=1S/C14H22F2N2O2/c1-10(19)9-18(2)14-12(15)6-11(7-13(14)16)8-17-4-5-20-3/h6-7,10,17,19H,4-5,8-9H2,1-3H3. The van der Waals surface area contributed by atoms with Gasteiger partial charge in [-0.15, -0.1) is 0 Å². The number of aliphatic hydroxyl groups excluding tert-OH is 1. The lowest BCUT2D eigenvalue weighted by Crippen LogP contribution is -2.28. The van der Waals surface area contributed by atoms with E-state index in [1.807, 2.05) is 0 Å². The molecular formula is C14H22F2N2O2. The van der Waals surface area contributed by atoms with Crippen LogP contribution in [0.5, 0.6) is 0 Å². The highest BCUT2D eigenvalue weighted by Crippen LogP contribution is 2.24. The third kappa shape index (κ3) is 5.03. The zero-order valence-corrected chi connectivity index (χ0v) is 12.1. The van der Waals surface area contributed by atoms with Gasteiger partial charge in [0.25, 0.3) is 0 Å². The Kier molecular flexibility index (Phi) is 6.84. The SMILES string of the molecule is COCCNCc1cc(F)c(N(C)CC(C)O)c(F)c1. The number of nitrogens with zero attached hydrogens (tertiary/aromatic N) is 1. The summed E-state index contributed by atoms with van der Waals surface area (Å²) in [6.07, 6.45) is -0.658. The van der Waals surface area contributed by atoms with E-state index in [0.717, 1.165) is 0 Å². The second-order valence-corrected chi connectivity index (χ2v) is 4.81. The summed E-state index contributed by atoms with van der Waals surface area (Å²) in [7, 11) is 3.14. The monoisotopic (exact) mass is 288 g/mol. The van der Waals surface area contributed by atoms with Crippen molar-refractivity contribution in [1.29, 1.82) is 0 Å². The number of nitrogens with one attached hydrogen (secondary N) is 1. The average Bonchev–Trinajstić information content (AvgIpc) is 2.33. The van der Waals surface area contributed by atoms with Crippen molar-refractivity contribution in [1.82, 2.24) is 5.32 Å². The quantitative estimate of drug-likeness (QED) is 0.712. The molecule has 0 heterocycles. The number of halogens is 2. The molecular weight excluding hydrogens is 266 g/mol. The predicted octanol–water partition coefficient (Wildman–Crippen LogP) is 1.52. The van der Waals surface area contributed by atoms with Crippen LogP contribution in [0, 0.1) is 11.6 Å². The first-order valence-corrected chi connectivity index (χ1v) is 6.52. The molecule has 0 radical (unpaired) electrons. The second-order valence-electron chi connectivity index (χ2n) is 4.81. The van der Waals surface area contributed by atoms with E-state index in [4.69, 9.17) is 4.74 Å². The Morgan fingerprint density at radius 3 is 2.45 bits per heavy atom. The Morgan fingerprint density at radius 1 is 1.35 bits per heavy atom. The molecule has 1 unspecified atom stereocenters. The minimum Gasteiger partial charge on any atom is -0.392 e. The minimum atomic E-state index is -0.658. The Hall–Kier alpha value is -1.24. The number of methoxy groups -OCH3 is 1. The molecule has 0 aliphatic heterocycles. The van der Waals surface area contributed by atoms with Gasteiger partial charge in [-0.1, -0.05) is 0 Å². The van der Waals surface area contributed by atoms with Gasteiger partial charge in [0.2, 0.25) is 0 Å². The van der Waals surface area contributed by atoms with E-state index in [-0.39, 0.29) is 12.2 Å². The number of ether oxygens (including phenoxy) is 1. The predicted molar refractivity (Wildman–Crippen MR) is 74.9 cm³/mol. The molecule has 1 aromatic rings. The second kappa shape index (κ2) is 8.14. The molecule has 0 amide bonds. The van der Waals surface area contributed by atoms with E-state index in [1.54, 1.807) is 21.1 Å². The summed E-state index contributed by atoms with van der Waals surface area (Å²) in [5, 5.41) is 12.3. The van der Waals surface area contributed by atoms with Crippen LogP contribution in [-0.2, 0) is 11.3 Å².